The van der Waals surface area contributed by atoms with Crippen LogP contribution >= 0.6 is 0 Å². The van der Waals surface area contributed by atoms with E-state index in [1.807, 2.05) is 6.07 Å². The standard InChI is InChI=1S/C24H33N3O3/c28-23-11-5-9-20-17-13-18(21(27(20)23)12-16-6-2-1-3-7-16)15-26(14-17)22-10-4-8-19(25-22)24(29)30/h4,8,10,16-18,20-21H,1-3,5-7,9,11-15H2,(H,29,30)/t17-,18+,20+,21+/m1/s1. The van der Waals surface area contributed by atoms with E-state index in [0.29, 0.717) is 36.2 Å². The van der Waals surface area contributed by atoms with Crippen LogP contribution in [-0.4, -0.2) is 52.0 Å². The number of aromatic nitrogens is 1. The molecule has 5 rings (SSSR count). The number of amides is 1. The van der Waals surface area contributed by atoms with Gasteiger partial charge in [-0.15, -0.1) is 0 Å². The molecule has 0 unspecified atom stereocenters. The van der Waals surface area contributed by atoms with Crippen LogP contribution in [0.2, 0.25) is 0 Å². The molecule has 0 spiro atoms. The van der Waals surface area contributed by atoms with Crippen LogP contribution in [0.15, 0.2) is 18.2 Å². The van der Waals surface area contributed by atoms with Crippen LogP contribution in [-0.2, 0) is 4.79 Å². The molecule has 3 aliphatic heterocycles. The van der Waals surface area contributed by atoms with E-state index in [9.17, 15) is 14.7 Å². The fraction of sp³-hybridized carbons (Fsp3) is 0.708. The lowest BCUT2D eigenvalue weighted by Crippen LogP contribution is -2.65. The highest BCUT2D eigenvalue weighted by atomic mass is 16.4. The van der Waals surface area contributed by atoms with E-state index in [1.54, 1.807) is 12.1 Å². The van der Waals surface area contributed by atoms with Crippen molar-refractivity contribution < 1.29 is 14.7 Å². The molecule has 1 amide bonds. The van der Waals surface area contributed by atoms with Crippen LogP contribution in [0, 0.1) is 17.8 Å². The van der Waals surface area contributed by atoms with Gasteiger partial charge in [0, 0.05) is 31.6 Å². The molecule has 4 atom stereocenters. The van der Waals surface area contributed by atoms with Crippen molar-refractivity contribution in [1.29, 1.82) is 0 Å². The van der Waals surface area contributed by atoms with E-state index >= 15 is 0 Å². The first-order valence-corrected chi connectivity index (χ1v) is 11.9. The zero-order valence-electron chi connectivity index (χ0n) is 17.7. The third kappa shape index (κ3) is 3.69. The maximum atomic E-state index is 13.0. The molecule has 162 valence electrons. The summed E-state index contributed by atoms with van der Waals surface area (Å²) in [4.78, 5) is 33.5. The van der Waals surface area contributed by atoms with E-state index in [-0.39, 0.29) is 5.69 Å². The molecule has 1 N–H and O–H groups in total. The molecule has 6 nitrogen and oxygen atoms in total. The summed E-state index contributed by atoms with van der Waals surface area (Å²) < 4.78 is 0. The Balaban J connectivity index is 1.42. The number of anilines is 1. The molecule has 4 fully saturated rings. The Labute approximate surface area is 178 Å². The minimum absolute atomic E-state index is 0.108. The lowest BCUT2D eigenvalue weighted by Gasteiger charge is -2.57. The fourth-order valence-electron chi connectivity index (χ4n) is 6.75. The number of hydrogen-bond acceptors (Lipinski definition) is 4. The van der Waals surface area contributed by atoms with Gasteiger partial charge >= 0.3 is 5.97 Å². The van der Waals surface area contributed by atoms with Gasteiger partial charge in [0.2, 0.25) is 5.91 Å². The number of hydrogen-bond donors (Lipinski definition) is 1. The number of carbonyl (C=O) groups is 2. The van der Waals surface area contributed by atoms with Crippen LogP contribution in [0.4, 0.5) is 5.82 Å². The van der Waals surface area contributed by atoms with Gasteiger partial charge in [-0.25, -0.2) is 9.78 Å². The second kappa shape index (κ2) is 8.20. The number of aromatic carboxylic acids is 1. The molecule has 3 saturated heterocycles. The number of carboxylic acid groups (broad SMARTS) is 1. The third-order valence-electron chi connectivity index (χ3n) is 8.07. The molecule has 2 bridgehead atoms. The van der Waals surface area contributed by atoms with Crippen LogP contribution in [0.5, 0.6) is 0 Å². The second-order valence-electron chi connectivity index (χ2n) is 9.91. The van der Waals surface area contributed by atoms with Gasteiger partial charge in [-0.2, -0.15) is 0 Å². The summed E-state index contributed by atoms with van der Waals surface area (Å²) in [5.41, 5.74) is 0.108. The highest BCUT2D eigenvalue weighted by Crippen LogP contribution is 2.45. The molecule has 1 aromatic heterocycles. The van der Waals surface area contributed by atoms with Crippen molar-refractivity contribution in [1.82, 2.24) is 9.88 Å². The highest BCUT2D eigenvalue weighted by Gasteiger charge is 2.49. The fourth-order valence-corrected chi connectivity index (χ4v) is 6.75. The average Bonchev–Trinajstić information content (AvgIpc) is 2.77. The summed E-state index contributed by atoms with van der Waals surface area (Å²) in [5, 5.41) is 9.35. The number of pyridine rings is 1. The number of fused-ring (bicyclic) bond motifs is 4. The zero-order valence-corrected chi connectivity index (χ0v) is 17.7. The number of rotatable bonds is 4. The topological polar surface area (TPSA) is 73.7 Å². The smallest absolute Gasteiger partial charge is 0.354 e. The van der Waals surface area contributed by atoms with Gasteiger partial charge < -0.3 is 14.9 Å². The summed E-state index contributed by atoms with van der Waals surface area (Å²) in [6.45, 7) is 1.75. The van der Waals surface area contributed by atoms with Crippen LogP contribution in [0.1, 0.15) is 74.7 Å². The Morgan fingerprint density at radius 3 is 2.67 bits per heavy atom. The molecule has 4 aliphatic rings. The maximum absolute atomic E-state index is 13.0. The first-order valence-electron chi connectivity index (χ1n) is 11.9. The van der Waals surface area contributed by atoms with Crippen molar-refractivity contribution in [3.63, 3.8) is 0 Å². The SMILES string of the molecule is O=C(O)c1cccc(N2C[C@H]3C[C@@H](C2)[C@H](CC2CCCCC2)N2C(=O)CCC[C@@H]32)n1. The summed E-state index contributed by atoms with van der Waals surface area (Å²) in [6, 6.07) is 5.98. The van der Waals surface area contributed by atoms with Gasteiger partial charge in [0.15, 0.2) is 5.69 Å². The van der Waals surface area contributed by atoms with Gasteiger partial charge in [0.1, 0.15) is 5.82 Å². The Morgan fingerprint density at radius 2 is 1.87 bits per heavy atom. The van der Waals surface area contributed by atoms with Crippen molar-refractivity contribution in [2.75, 3.05) is 18.0 Å². The normalized spacial score (nSPS) is 32.1. The molecule has 4 heterocycles. The molecule has 1 aromatic rings. The number of piperidine rings is 3. The van der Waals surface area contributed by atoms with Crippen molar-refractivity contribution in [2.24, 2.45) is 17.8 Å². The predicted octanol–water partition coefficient (Wildman–Crippen LogP) is 3.96. The van der Waals surface area contributed by atoms with Crippen LogP contribution < -0.4 is 4.90 Å². The van der Waals surface area contributed by atoms with Crippen molar-refractivity contribution in [3.8, 4) is 0 Å². The third-order valence-corrected chi connectivity index (χ3v) is 8.07. The molecule has 1 aliphatic carbocycles. The monoisotopic (exact) mass is 411 g/mol. The highest BCUT2D eigenvalue weighted by molar-refractivity contribution is 5.85. The maximum Gasteiger partial charge on any atom is 0.354 e. The minimum atomic E-state index is -0.978. The average molecular weight is 412 g/mol. The summed E-state index contributed by atoms with van der Waals surface area (Å²) in [7, 11) is 0. The van der Waals surface area contributed by atoms with E-state index in [0.717, 1.165) is 44.1 Å². The second-order valence-corrected chi connectivity index (χ2v) is 9.91. The first kappa shape index (κ1) is 19.8. The first-order chi connectivity index (χ1) is 14.6. The quantitative estimate of drug-likeness (QED) is 0.812. The number of carbonyl (C=O) groups excluding carboxylic acids is 1. The summed E-state index contributed by atoms with van der Waals surface area (Å²) >= 11 is 0. The van der Waals surface area contributed by atoms with Crippen LogP contribution in [0.3, 0.4) is 0 Å². The van der Waals surface area contributed by atoms with Gasteiger partial charge in [0.05, 0.1) is 0 Å². The molecule has 1 saturated carbocycles. The zero-order chi connectivity index (χ0) is 20.7. The van der Waals surface area contributed by atoms with E-state index in [1.165, 1.54) is 38.5 Å². The van der Waals surface area contributed by atoms with Crippen molar-refractivity contribution in [3.05, 3.63) is 23.9 Å². The molecular formula is C24H33N3O3. The molecule has 0 radical (unpaired) electrons. The van der Waals surface area contributed by atoms with Gasteiger partial charge in [-0.1, -0.05) is 38.2 Å². The Morgan fingerprint density at radius 1 is 1.07 bits per heavy atom. The Bertz CT molecular complexity index is 807. The van der Waals surface area contributed by atoms with Crippen molar-refractivity contribution in [2.45, 2.75) is 76.3 Å². The number of carboxylic acids is 1. The summed E-state index contributed by atoms with van der Waals surface area (Å²) in [5.74, 6) is 1.84. The summed E-state index contributed by atoms with van der Waals surface area (Å²) in [6.07, 6.45) is 11.8. The lowest BCUT2D eigenvalue weighted by molar-refractivity contribution is -0.149. The number of nitrogens with zero attached hydrogens (tertiary/aromatic N) is 3. The van der Waals surface area contributed by atoms with Gasteiger partial charge in [-0.05, 0) is 55.6 Å². The van der Waals surface area contributed by atoms with Gasteiger partial charge in [0.25, 0.3) is 0 Å². The Kier molecular flexibility index (Phi) is 5.42. The van der Waals surface area contributed by atoms with Crippen LogP contribution in [0.25, 0.3) is 0 Å². The molecule has 6 heteroatoms. The molecule has 30 heavy (non-hydrogen) atoms. The predicted molar refractivity (Wildman–Crippen MR) is 114 cm³/mol. The minimum Gasteiger partial charge on any atom is -0.477 e. The Hall–Kier alpha value is -2.11. The lowest BCUT2D eigenvalue weighted by atomic mass is 9.69. The van der Waals surface area contributed by atoms with Gasteiger partial charge in [-0.3, -0.25) is 4.79 Å². The largest absolute Gasteiger partial charge is 0.477 e. The van der Waals surface area contributed by atoms with E-state index in [4.69, 9.17) is 0 Å². The van der Waals surface area contributed by atoms with E-state index in [2.05, 4.69) is 14.8 Å². The molecular weight excluding hydrogens is 378 g/mol. The van der Waals surface area contributed by atoms with Crippen molar-refractivity contribution >= 4 is 17.7 Å². The van der Waals surface area contributed by atoms with E-state index < -0.39 is 5.97 Å². The molecule has 0 aromatic carbocycles.